The first-order valence-corrected chi connectivity index (χ1v) is 9.79. The van der Waals surface area contributed by atoms with Crippen LogP contribution in [0.5, 0.6) is 0 Å². The summed E-state index contributed by atoms with van der Waals surface area (Å²) < 4.78 is 32.9. The number of nitrogens with zero attached hydrogens (tertiary/aromatic N) is 1. The van der Waals surface area contributed by atoms with E-state index in [0.29, 0.717) is 23.9 Å². The molecule has 0 unspecified atom stereocenters. The molecule has 0 spiro atoms. The molecule has 110 valence electrons. The van der Waals surface area contributed by atoms with Gasteiger partial charge in [0.25, 0.3) is 10.0 Å². The number of rotatable bonds is 7. The molecule has 2 aromatic heterocycles. The van der Waals surface area contributed by atoms with Crippen LogP contribution < -0.4 is 0 Å². The second-order valence-electron chi connectivity index (χ2n) is 4.02. The Balaban J connectivity index is 2.25. The highest BCUT2D eigenvalue weighted by molar-refractivity contribution is 9.11. The number of sulfonamides is 1. The lowest BCUT2D eigenvalue weighted by atomic mass is 10.3. The summed E-state index contributed by atoms with van der Waals surface area (Å²) in [4.78, 5) is 0. The van der Waals surface area contributed by atoms with E-state index in [1.165, 1.54) is 15.6 Å². The van der Waals surface area contributed by atoms with Crippen molar-refractivity contribution in [3.05, 3.63) is 38.3 Å². The molecule has 0 aromatic carbocycles. The van der Waals surface area contributed by atoms with Crippen molar-refractivity contribution < 1.29 is 13.2 Å². The monoisotopic (exact) mass is 395 g/mol. The molecular formula is C12H14BrNO3S3. The number of hydrogen-bond donors (Lipinski definition) is 0. The van der Waals surface area contributed by atoms with Gasteiger partial charge < -0.3 is 4.74 Å². The van der Waals surface area contributed by atoms with Gasteiger partial charge in [0.05, 0.1) is 10.4 Å². The van der Waals surface area contributed by atoms with Crippen molar-refractivity contribution >= 4 is 48.6 Å². The average Bonchev–Trinajstić information content (AvgIpc) is 3.05. The van der Waals surface area contributed by atoms with E-state index in [1.807, 2.05) is 16.8 Å². The lowest BCUT2D eigenvalue weighted by Crippen LogP contribution is -2.32. The molecule has 0 amide bonds. The normalized spacial score (nSPS) is 12.2. The van der Waals surface area contributed by atoms with E-state index in [4.69, 9.17) is 4.74 Å². The summed E-state index contributed by atoms with van der Waals surface area (Å²) in [6, 6.07) is 5.30. The predicted molar refractivity (Wildman–Crippen MR) is 85.8 cm³/mol. The number of methoxy groups -OCH3 is 1. The van der Waals surface area contributed by atoms with Crippen LogP contribution in [0, 0.1) is 0 Å². The van der Waals surface area contributed by atoms with Gasteiger partial charge in [-0.15, -0.1) is 11.3 Å². The molecule has 0 bridgehead atoms. The van der Waals surface area contributed by atoms with Crippen molar-refractivity contribution in [2.24, 2.45) is 0 Å². The lowest BCUT2D eigenvalue weighted by molar-refractivity contribution is 0.177. The van der Waals surface area contributed by atoms with E-state index < -0.39 is 10.0 Å². The van der Waals surface area contributed by atoms with Crippen molar-refractivity contribution in [3.8, 4) is 0 Å². The van der Waals surface area contributed by atoms with E-state index in [2.05, 4.69) is 15.9 Å². The fourth-order valence-electron chi connectivity index (χ4n) is 1.63. The van der Waals surface area contributed by atoms with Gasteiger partial charge in [-0.2, -0.15) is 15.6 Å². The molecule has 2 rings (SSSR count). The molecule has 0 radical (unpaired) electrons. The molecular weight excluding hydrogens is 382 g/mol. The largest absolute Gasteiger partial charge is 0.383 e. The Morgan fingerprint density at radius 1 is 1.35 bits per heavy atom. The van der Waals surface area contributed by atoms with E-state index in [0.717, 1.165) is 9.35 Å². The summed E-state index contributed by atoms with van der Waals surface area (Å²) in [5.74, 6) is 0. The Labute approximate surface area is 135 Å². The summed E-state index contributed by atoms with van der Waals surface area (Å²) in [7, 11) is -1.92. The van der Waals surface area contributed by atoms with E-state index >= 15 is 0 Å². The number of halogens is 1. The van der Waals surface area contributed by atoms with Crippen LogP contribution in [0.15, 0.2) is 37.0 Å². The molecule has 0 atom stereocenters. The molecule has 8 heteroatoms. The van der Waals surface area contributed by atoms with E-state index in [1.54, 1.807) is 30.6 Å². The third kappa shape index (κ3) is 3.90. The molecule has 4 nitrogen and oxygen atoms in total. The van der Waals surface area contributed by atoms with Gasteiger partial charge in [-0.3, -0.25) is 0 Å². The quantitative estimate of drug-likeness (QED) is 0.721. The molecule has 0 aliphatic rings. The molecule has 2 aromatic rings. The van der Waals surface area contributed by atoms with Crippen LogP contribution >= 0.6 is 38.6 Å². The van der Waals surface area contributed by atoms with Gasteiger partial charge in [-0.1, -0.05) is 0 Å². The molecule has 0 aliphatic heterocycles. The maximum atomic E-state index is 12.6. The van der Waals surface area contributed by atoms with Gasteiger partial charge in [0.1, 0.15) is 4.21 Å². The topological polar surface area (TPSA) is 46.6 Å². The van der Waals surface area contributed by atoms with Gasteiger partial charge in [0.2, 0.25) is 0 Å². The number of hydrogen-bond acceptors (Lipinski definition) is 5. The molecule has 20 heavy (non-hydrogen) atoms. The summed E-state index contributed by atoms with van der Waals surface area (Å²) in [6.45, 7) is 1.07. The number of ether oxygens (including phenoxy) is 1. The Hall–Kier alpha value is -0.250. The molecule has 0 fully saturated rings. The van der Waals surface area contributed by atoms with Gasteiger partial charge >= 0.3 is 0 Å². The third-order valence-electron chi connectivity index (χ3n) is 2.63. The summed E-state index contributed by atoms with van der Waals surface area (Å²) in [5.41, 5.74) is 0.991. The highest BCUT2D eigenvalue weighted by Crippen LogP contribution is 2.29. The minimum atomic E-state index is -3.48. The Morgan fingerprint density at radius 3 is 2.70 bits per heavy atom. The van der Waals surface area contributed by atoms with E-state index in [9.17, 15) is 8.42 Å². The standard InChI is InChI=1S/C12H14BrNO3S3/c1-17-6-5-14(8-10-4-7-18-9-10)20(15,16)12-3-2-11(13)19-12/h2-4,7,9H,5-6,8H2,1H3. The first kappa shape index (κ1) is 16.1. The minimum absolute atomic E-state index is 0.337. The van der Waals surface area contributed by atoms with Crippen LogP contribution in [0.4, 0.5) is 0 Å². The summed E-state index contributed by atoms with van der Waals surface area (Å²) in [5, 5.41) is 3.90. The van der Waals surface area contributed by atoms with Crippen molar-refractivity contribution in [2.75, 3.05) is 20.3 Å². The van der Waals surface area contributed by atoms with Crippen molar-refractivity contribution in [1.82, 2.24) is 4.31 Å². The summed E-state index contributed by atoms with van der Waals surface area (Å²) in [6.07, 6.45) is 0. The molecule has 0 N–H and O–H groups in total. The van der Waals surface area contributed by atoms with Crippen LogP contribution in [0.25, 0.3) is 0 Å². The third-order valence-corrected chi connectivity index (χ3v) is 7.29. The van der Waals surface area contributed by atoms with Crippen LogP contribution in [-0.4, -0.2) is 33.0 Å². The molecule has 0 saturated carbocycles. The second-order valence-corrected chi connectivity index (χ2v) is 9.43. The van der Waals surface area contributed by atoms with Crippen LogP contribution in [0.1, 0.15) is 5.56 Å². The SMILES string of the molecule is COCCN(Cc1ccsc1)S(=O)(=O)c1ccc(Br)s1. The maximum absolute atomic E-state index is 12.6. The Kier molecular flexibility index (Phi) is 5.76. The highest BCUT2D eigenvalue weighted by Gasteiger charge is 2.26. The second kappa shape index (κ2) is 7.15. The fourth-order valence-corrected chi connectivity index (χ4v) is 5.86. The molecule has 0 aliphatic carbocycles. The van der Waals surface area contributed by atoms with Crippen LogP contribution in [-0.2, 0) is 21.3 Å². The smallest absolute Gasteiger partial charge is 0.252 e. The van der Waals surface area contributed by atoms with Crippen LogP contribution in [0.2, 0.25) is 0 Å². The highest BCUT2D eigenvalue weighted by atomic mass is 79.9. The minimum Gasteiger partial charge on any atom is -0.383 e. The van der Waals surface area contributed by atoms with E-state index in [-0.39, 0.29) is 0 Å². The fraction of sp³-hybridized carbons (Fsp3) is 0.333. The summed E-state index contributed by atoms with van der Waals surface area (Å²) >= 11 is 6.08. The first-order valence-electron chi connectivity index (χ1n) is 5.79. The lowest BCUT2D eigenvalue weighted by Gasteiger charge is -2.20. The van der Waals surface area contributed by atoms with Gasteiger partial charge in [-0.05, 0) is 50.5 Å². The van der Waals surface area contributed by atoms with Crippen LogP contribution in [0.3, 0.4) is 0 Å². The Morgan fingerprint density at radius 2 is 2.15 bits per heavy atom. The average molecular weight is 396 g/mol. The van der Waals surface area contributed by atoms with Gasteiger partial charge in [0.15, 0.2) is 0 Å². The van der Waals surface area contributed by atoms with Gasteiger partial charge in [-0.25, -0.2) is 8.42 Å². The van der Waals surface area contributed by atoms with Crippen molar-refractivity contribution in [3.63, 3.8) is 0 Å². The zero-order valence-corrected chi connectivity index (χ0v) is 14.8. The first-order chi connectivity index (χ1) is 9.54. The zero-order chi connectivity index (χ0) is 14.6. The van der Waals surface area contributed by atoms with Crippen molar-refractivity contribution in [1.29, 1.82) is 0 Å². The Bertz CT molecular complexity index is 637. The predicted octanol–water partition coefficient (Wildman–Crippen LogP) is 3.41. The van der Waals surface area contributed by atoms with Gasteiger partial charge in [0, 0.05) is 20.2 Å². The maximum Gasteiger partial charge on any atom is 0.252 e. The zero-order valence-electron chi connectivity index (χ0n) is 10.8. The molecule has 2 heterocycles. The number of thiophene rings is 2. The molecule has 0 saturated heterocycles. The van der Waals surface area contributed by atoms with Crippen molar-refractivity contribution in [2.45, 2.75) is 10.8 Å².